The summed E-state index contributed by atoms with van der Waals surface area (Å²) in [6.07, 6.45) is 96.8. The third-order valence-corrected chi connectivity index (χ3v) is 26.3. The second kappa shape index (κ2) is 68.1. The monoisotopic (exact) mass is 1640 g/mol. The summed E-state index contributed by atoms with van der Waals surface area (Å²) in [4.78, 5) is 8.16. The highest BCUT2D eigenvalue weighted by Gasteiger charge is 2.18. The van der Waals surface area contributed by atoms with Gasteiger partial charge in [-0.25, -0.2) is 13.7 Å². The maximum absolute atomic E-state index is 2.72. The van der Waals surface area contributed by atoms with Crippen molar-refractivity contribution < 1.29 is 13.7 Å². The topological polar surface area (TPSA) is 21.4 Å². The first kappa shape index (κ1) is 101. The molecule has 4 aromatic carbocycles. The minimum Gasteiger partial charge on any atom is -0.372 e. The van der Waals surface area contributed by atoms with Gasteiger partial charge < -0.3 is 14.7 Å². The zero-order valence-corrected chi connectivity index (χ0v) is 79.1. The largest absolute Gasteiger partial charge is 0.372 e. The van der Waals surface area contributed by atoms with Crippen molar-refractivity contribution in [2.75, 3.05) is 54.0 Å². The van der Waals surface area contributed by atoms with Crippen molar-refractivity contribution >= 4 is 17.1 Å². The Bertz CT molecular complexity index is 3030. The van der Waals surface area contributed by atoms with E-state index in [-0.39, 0.29) is 0 Å². The van der Waals surface area contributed by atoms with E-state index in [9.17, 15) is 0 Å². The van der Waals surface area contributed by atoms with Gasteiger partial charge in [0.05, 0.1) is 0 Å². The maximum Gasteiger partial charge on any atom is 0.173 e. The zero-order chi connectivity index (χ0) is 84.3. The van der Waals surface area contributed by atoms with Gasteiger partial charge in [0.15, 0.2) is 56.8 Å². The van der Waals surface area contributed by atoms with Gasteiger partial charge in [-0.05, 0) is 127 Å². The number of rotatable bonds is 78. The Hall–Kier alpha value is -6.27. The van der Waals surface area contributed by atoms with Crippen LogP contribution in [0.25, 0.3) is 33.4 Å². The third kappa shape index (κ3) is 45.4. The second-order valence-corrected chi connectivity index (χ2v) is 37.1. The predicted octanol–water partition coefficient (Wildman–Crippen LogP) is 33.6. The van der Waals surface area contributed by atoms with Gasteiger partial charge in [0, 0.05) is 109 Å². The minimum absolute atomic E-state index is 0.804. The van der Waals surface area contributed by atoms with E-state index < -0.39 is 0 Å². The fraction of sp³-hybridized carbons (Fsp3) is 0.658. The summed E-state index contributed by atoms with van der Waals surface area (Å²) < 4.78 is 7.14. The molecular weight excluding hydrogens is 1450 g/mol. The predicted molar refractivity (Wildman–Crippen MR) is 528 cm³/mol. The molecule has 0 saturated heterocycles. The zero-order valence-electron chi connectivity index (χ0n) is 79.1. The number of hydrogen-bond donors (Lipinski definition) is 0. The molecule has 0 amide bonds. The molecule has 120 heavy (non-hydrogen) atoms. The van der Waals surface area contributed by atoms with Crippen LogP contribution in [0.5, 0.6) is 0 Å². The van der Waals surface area contributed by atoms with Crippen LogP contribution in [0.15, 0.2) is 165 Å². The van der Waals surface area contributed by atoms with Crippen LogP contribution in [-0.2, 0) is 19.6 Å². The third-order valence-electron chi connectivity index (χ3n) is 26.3. The molecule has 0 fully saturated rings. The van der Waals surface area contributed by atoms with E-state index >= 15 is 0 Å². The first-order valence-corrected chi connectivity index (χ1v) is 52.0. The van der Waals surface area contributed by atoms with Crippen molar-refractivity contribution in [2.45, 2.75) is 446 Å². The molecule has 0 bridgehead atoms. The number of unbranched alkanes of at least 4 members (excludes halogenated alkanes) is 54. The molecule has 0 radical (unpaired) electrons. The molecule has 0 atom stereocenters. The van der Waals surface area contributed by atoms with Crippen LogP contribution >= 0.6 is 0 Å². The molecule has 0 N–H and O–H groups in total. The first-order chi connectivity index (χ1) is 59.4. The van der Waals surface area contributed by atoms with Crippen molar-refractivity contribution in [3.05, 3.63) is 181 Å². The molecule has 0 aliphatic rings. The van der Waals surface area contributed by atoms with Gasteiger partial charge in [0.2, 0.25) is 0 Å². The Balaban J connectivity index is 1.04. The lowest BCUT2D eigenvalue weighted by Crippen LogP contribution is -2.36. The number of pyridine rings is 3. The molecule has 0 aliphatic heterocycles. The summed E-state index contributed by atoms with van der Waals surface area (Å²) in [5.74, 6) is 0. The van der Waals surface area contributed by atoms with Gasteiger partial charge >= 0.3 is 0 Å². The smallest absolute Gasteiger partial charge is 0.173 e. The SMILES string of the molecule is CCCCCCCCCCCCN(CCCCCCCCCCCC)c1ccc(-c2cc[n+](Cc3cc(C[n+]4ccc(-c5ccc(N(CCCCCCCCCCCC)CCCCCCCCCCCC)cc5)cc4)cc(C[n+]4ccc(-c5ccc(N(CCCCCCCCCCCC)CCCCCCCCCCCC)cc5)cc4)c3)cc2)cc1. The number of aromatic nitrogens is 3. The number of nitrogens with zero attached hydrogens (tertiary/aromatic N) is 6. The number of benzene rings is 4. The summed E-state index contributed by atoms with van der Waals surface area (Å²) in [5, 5.41) is 0. The van der Waals surface area contributed by atoms with E-state index in [1.807, 2.05) is 0 Å². The molecule has 3 aromatic heterocycles. The molecule has 0 saturated carbocycles. The van der Waals surface area contributed by atoms with Crippen LogP contribution in [-0.4, -0.2) is 39.3 Å². The van der Waals surface area contributed by atoms with E-state index in [0.717, 1.165) is 58.9 Å². The Morgan fingerprint density at radius 2 is 0.292 bits per heavy atom. The summed E-state index contributed by atoms with van der Waals surface area (Å²) in [6.45, 7) is 23.3. The molecule has 0 unspecified atom stereocenters. The van der Waals surface area contributed by atoms with Crippen molar-refractivity contribution in [1.82, 2.24) is 0 Å². The molecular formula is C114H183N6+3. The van der Waals surface area contributed by atoms with Gasteiger partial charge in [-0.15, -0.1) is 0 Å². The van der Waals surface area contributed by atoms with Crippen LogP contribution in [0.4, 0.5) is 17.1 Å². The van der Waals surface area contributed by atoms with Crippen LogP contribution in [0, 0.1) is 0 Å². The molecule has 7 aromatic rings. The Morgan fingerprint density at radius 3 is 0.442 bits per heavy atom. The van der Waals surface area contributed by atoms with Crippen LogP contribution in [0.3, 0.4) is 0 Å². The molecule has 0 spiro atoms. The minimum atomic E-state index is 0.804. The fourth-order valence-corrected chi connectivity index (χ4v) is 18.5. The highest BCUT2D eigenvalue weighted by molar-refractivity contribution is 5.68. The molecule has 7 rings (SSSR count). The normalized spacial score (nSPS) is 11.6. The van der Waals surface area contributed by atoms with Crippen molar-refractivity contribution in [3.8, 4) is 33.4 Å². The van der Waals surface area contributed by atoms with E-state index in [2.05, 4.69) is 235 Å². The van der Waals surface area contributed by atoms with Crippen LogP contribution in [0.2, 0.25) is 0 Å². The molecule has 6 heteroatoms. The lowest BCUT2D eigenvalue weighted by Gasteiger charge is -2.25. The van der Waals surface area contributed by atoms with Gasteiger partial charge in [0.1, 0.15) is 0 Å². The van der Waals surface area contributed by atoms with Gasteiger partial charge in [-0.2, -0.15) is 0 Å². The van der Waals surface area contributed by atoms with Crippen LogP contribution < -0.4 is 28.4 Å². The maximum atomic E-state index is 2.72. The summed E-state index contributed by atoms with van der Waals surface area (Å²) in [5.41, 5.74) is 15.9. The lowest BCUT2D eigenvalue weighted by molar-refractivity contribution is -0.690. The van der Waals surface area contributed by atoms with Crippen LogP contribution in [0.1, 0.15) is 443 Å². The fourth-order valence-electron chi connectivity index (χ4n) is 18.5. The first-order valence-electron chi connectivity index (χ1n) is 52.0. The Kier molecular flexibility index (Phi) is 57.2. The molecule has 666 valence electrons. The standard InChI is InChI=1S/C114H183N6/c1-7-13-19-25-31-37-43-49-55-61-85-118(86-62-56-50-44-38-32-26-20-14-8-2)112-73-67-106(68-74-112)109-79-91-115(92-80-109)100-103-97-104(101-116-93-81-110(82-94-116)107-69-75-113(76-70-107)119(87-63-57-51-45-39-33-27-21-15-9-3)88-64-58-52-46-40-34-28-22-16-10-4)99-105(98-103)102-117-95-83-111(84-96-117)108-71-77-114(78-72-108)120(89-65-59-53-47-41-35-29-23-17-11-5)90-66-60-54-48-42-36-30-24-18-12-6/h67-84,91-99H,7-66,85-90,100-102H2,1-6H3/q+3. The Labute approximate surface area is 741 Å². The Morgan fingerprint density at radius 1 is 0.158 bits per heavy atom. The summed E-state index contributed by atoms with van der Waals surface area (Å²) >= 11 is 0. The average molecular weight is 1640 g/mol. The molecule has 3 heterocycles. The van der Waals surface area contributed by atoms with Gasteiger partial charge in [0.25, 0.3) is 0 Å². The number of hydrogen-bond acceptors (Lipinski definition) is 3. The number of anilines is 3. The lowest BCUT2D eigenvalue weighted by atomic mass is 10.0. The quantitative estimate of drug-likeness (QED) is 0.0280. The molecule has 0 aliphatic carbocycles. The van der Waals surface area contributed by atoms with Crippen molar-refractivity contribution in [1.29, 1.82) is 0 Å². The van der Waals surface area contributed by atoms with Gasteiger partial charge in [-0.3, -0.25) is 0 Å². The van der Waals surface area contributed by atoms with E-state index in [4.69, 9.17) is 0 Å². The summed E-state index contributed by atoms with van der Waals surface area (Å²) in [7, 11) is 0. The average Bonchev–Trinajstić information content (AvgIpc) is 0.835. The van der Waals surface area contributed by atoms with E-state index in [1.54, 1.807) is 0 Å². The van der Waals surface area contributed by atoms with E-state index in [0.29, 0.717) is 0 Å². The van der Waals surface area contributed by atoms with Crippen molar-refractivity contribution in [2.24, 2.45) is 0 Å². The van der Waals surface area contributed by atoms with Crippen molar-refractivity contribution in [3.63, 3.8) is 0 Å². The summed E-state index contributed by atoms with van der Waals surface area (Å²) in [6, 6.07) is 50.2. The molecule has 6 nitrogen and oxygen atoms in total. The van der Waals surface area contributed by atoms with E-state index in [1.165, 1.54) is 452 Å². The van der Waals surface area contributed by atoms with Gasteiger partial charge in [-0.1, -0.05) is 425 Å². The highest BCUT2D eigenvalue weighted by atomic mass is 15.1. The highest BCUT2D eigenvalue weighted by Crippen LogP contribution is 2.30. The second-order valence-electron chi connectivity index (χ2n) is 37.1.